The van der Waals surface area contributed by atoms with Crippen molar-refractivity contribution in [1.82, 2.24) is 4.72 Å². The van der Waals surface area contributed by atoms with Crippen LogP contribution in [0.2, 0.25) is 5.02 Å². The number of anilines is 1. The van der Waals surface area contributed by atoms with E-state index < -0.39 is 31.3 Å². The van der Waals surface area contributed by atoms with Crippen LogP contribution in [0.15, 0.2) is 52.3 Å². The molecule has 0 aliphatic carbocycles. The molecule has 0 fully saturated rings. The second-order valence-electron chi connectivity index (χ2n) is 8.54. The second-order valence-corrected chi connectivity index (χ2v) is 12.6. The van der Waals surface area contributed by atoms with Crippen molar-refractivity contribution in [1.29, 1.82) is 0 Å². The van der Waals surface area contributed by atoms with Gasteiger partial charge in [0, 0.05) is 29.1 Å². The lowest BCUT2D eigenvalue weighted by atomic mass is 10.1. The summed E-state index contributed by atoms with van der Waals surface area (Å²) in [5, 5.41) is 0.00176. The maximum atomic E-state index is 13.3. The Kier molecular flexibility index (Phi) is 7.27. The van der Waals surface area contributed by atoms with E-state index in [2.05, 4.69) is 4.72 Å². The molecular weight excluding hydrogens is 460 g/mol. The van der Waals surface area contributed by atoms with Crippen molar-refractivity contribution >= 4 is 43.1 Å². The van der Waals surface area contributed by atoms with Gasteiger partial charge in [0.2, 0.25) is 10.0 Å². The number of carbonyl (C=O) groups excluding carboxylic acids is 1. The highest BCUT2D eigenvalue weighted by Gasteiger charge is 2.27. The molecular formula is C21H27ClN2O5S2. The molecule has 0 saturated heterocycles. The van der Waals surface area contributed by atoms with Crippen LogP contribution in [-0.4, -0.2) is 40.6 Å². The predicted molar refractivity (Wildman–Crippen MR) is 123 cm³/mol. The molecule has 0 heterocycles. The SMILES string of the molecule is CC(C)N(C(=O)c1ccc(Cl)c(S(=O)(=O)NC(C)(C)C)c1)c1ccc(S(C)(=O)=O)cc1. The first-order chi connectivity index (χ1) is 14.0. The Morgan fingerprint density at radius 1 is 1.00 bits per heavy atom. The third kappa shape index (κ3) is 6.29. The second kappa shape index (κ2) is 8.90. The molecule has 0 bridgehead atoms. The molecule has 2 aromatic rings. The first-order valence-electron chi connectivity index (χ1n) is 9.50. The topological polar surface area (TPSA) is 101 Å². The minimum absolute atomic E-state index is 0.00176. The number of rotatable bonds is 6. The summed E-state index contributed by atoms with van der Waals surface area (Å²) in [5.41, 5.74) is -0.104. The zero-order valence-electron chi connectivity index (χ0n) is 18.3. The molecule has 2 rings (SSSR count). The molecule has 0 radical (unpaired) electrons. The average molecular weight is 487 g/mol. The Morgan fingerprint density at radius 3 is 2.00 bits per heavy atom. The Bertz CT molecular complexity index is 1180. The zero-order valence-corrected chi connectivity index (χ0v) is 20.7. The fraction of sp³-hybridized carbons (Fsp3) is 0.381. The molecule has 0 spiro atoms. The van der Waals surface area contributed by atoms with Crippen molar-refractivity contribution in [3.8, 4) is 0 Å². The van der Waals surface area contributed by atoms with Crippen LogP contribution in [0.3, 0.4) is 0 Å². The van der Waals surface area contributed by atoms with Gasteiger partial charge in [-0.2, -0.15) is 0 Å². The summed E-state index contributed by atoms with van der Waals surface area (Å²) in [6, 6.07) is 9.75. The standard InChI is InChI=1S/C21H27ClN2O5S2/c1-14(2)24(16-8-10-17(11-9-16)30(6,26)27)20(25)15-7-12-18(22)19(13-15)31(28,29)23-21(3,4)5/h7-14,23H,1-6H3. The van der Waals surface area contributed by atoms with Crippen LogP contribution in [0, 0.1) is 0 Å². The van der Waals surface area contributed by atoms with Crippen molar-refractivity contribution in [2.75, 3.05) is 11.2 Å². The number of benzene rings is 2. The number of sulfonamides is 1. The minimum atomic E-state index is -3.96. The van der Waals surface area contributed by atoms with Crippen molar-refractivity contribution in [3.63, 3.8) is 0 Å². The molecule has 1 N–H and O–H groups in total. The molecule has 10 heteroatoms. The van der Waals surface area contributed by atoms with Gasteiger partial charge in [-0.25, -0.2) is 21.6 Å². The van der Waals surface area contributed by atoms with Crippen LogP contribution in [0.1, 0.15) is 45.0 Å². The summed E-state index contributed by atoms with van der Waals surface area (Å²) in [5.74, 6) is -0.439. The summed E-state index contributed by atoms with van der Waals surface area (Å²) in [4.78, 5) is 14.7. The molecule has 2 aromatic carbocycles. The van der Waals surface area contributed by atoms with E-state index in [9.17, 15) is 21.6 Å². The molecule has 0 unspecified atom stereocenters. The van der Waals surface area contributed by atoms with Gasteiger partial charge >= 0.3 is 0 Å². The monoisotopic (exact) mass is 486 g/mol. The van der Waals surface area contributed by atoms with Crippen LogP contribution in [-0.2, 0) is 19.9 Å². The Morgan fingerprint density at radius 2 is 1.55 bits per heavy atom. The number of hydrogen-bond acceptors (Lipinski definition) is 5. The zero-order chi connectivity index (χ0) is 23.8. The predicted octanol–water partition coefficient (Wildman–Crippen LogP) is 3.88. The summed E-state index contributed by atoms with van der Waals surface area (Å²) in [6.45, 7) is 8.71. The van der Waals surface area contributed by atoms with Crippen molar-refractivity contribution in [3.05, 3.63) is 53.1 Å². The lowest BCUT2D eigenvalue weighted by Crippen LogP contribution is -2.41. The maximum absolute atomic E-state index is 13.3. The van der Waals surface area contributed by atoms with Crippen molar-refractivity contribution in [2.45, 2.75) is 56.0 Å². The van der Waals surface area contributed by atoms with Gasteiger partial charge in [0.25, 0.3) is 5.91 Å². The molecule has 0 saturated carbocycles. The highest BCUT2D eigenvalue weighted by atomic mass is 35.5. The van der Waals surface area contributed by atoms with Crippen LogP contribution >= 0.6 is 11.6 Å². The van der Waals surface area contributed by atoms with Gasteiger partial charge in [0.05, 0.1) is 9.92 Å². The van der Waals surface area contributed by atoms with Crippen molar-refractivity contribution < 1.29 is 21.6 Å². The third-order valence-electron chi connectivity index (χ3n) is 4.19. The number of nitrogens with zero attached hydrogens (tertiary/aromatic N) is 1. The van der Waals surface area contributed by atoms with Gasteiger partial charge in [-0.15, -0.1) is 0 Å². The van der Waals surface area contributed by atoms with E-state index in [1.807, 2.05) is 0 Å². The largest absolute Gasteiger partial charge is 0.306 e. The Hall–Kier alpha value is -1.94. The molecule has 31 heavy (non-hydrogen) atoms. The van der Waals surface area contributed by atoms with E-state index in [-0.39, 0.29) is 26.4 Å². The fourth-order valence-electron chi connectivity index (χ4n) is 2.94. The van der Waals surface area contributed by atoms with Gasteiger partial charge in [-0.3, -0.25) is 4.79 Å². The quantitative estimate of drug-likeness (QED) is 0.667. The molecule has 170 valence electrons. The highest BCUT2D eigenvalue weighted by Crippen LogP contribution is 2.27. The summed E-state index contributed by atoms with van der Waals surface area (Å²) < 4.78 is 51.5. The van der Waals surface area contributed by atoms with Gasteiger partial charge in [0.15, 0.2) is 9.84 Å². The molecule has 0 aromatic heterocycles. The first kappa shape index (κ1) is 25.3. The summed E-state index contributed by atoms with van der Waals surface area (Å²) in [7, 11) is -7.33. The smallest absolute Gasteiger partial charge is 0.258 e. The summed E-state index contributed by atoms with van der Waals surface area (Å²) in [6.07, 6.45) is 1.11. The molecule has 0 atom stereocenters. The molecule has 0 aliphatic rings. The third-order valence-corrected chi connectivity index (χ3v) is 7.55. The van der Waals surface area contributed by atoms with Crippen LogP contribution in [0.25, 0.3) is 0 Å². The van der Waals surface area contributed by atoms with E-state index in [1.165, 1.54) is 35.2 Å². The number of halogens is 1. The molecule has 7 nitrogen and oxygen atoms in total. The van der Waals surface area contributed by atoms with Crippen LogP contribution in [0.5, 0.6) is 0 Å². The van der Waals surface area contributed by atoms with Gasteiger partial charge < -0.3 is 4.90 Å². The van der Waals surface area contributed by atoms with E-state index in [0.717, 1.165) is 6.26 Å². The number of nitrogens with one attached hydrogen (secondary N) is 1. The van der Waals surface area contributed by atoms with Crippen molar-refractivity contribution in [2.24, 2.45) is 0 Å². The van der Waals surface area contributed by atoms with Gasteiger partial charge in [0.1, 0.15) is 4.90 Å². The van der Waals surface area contributed by atoms with Gasteiger partial charge in [-0.05, 0) is 77.1 Å². The molecule has 0 aliphatic heterocycles. The van der Waals surface area contributed by atoms with Gasteiger partial charge in [-0.1, -0.05) is 11.6 Å². The Balaban J connectivity index is 2.50. The average Bonchev–Trinajstić information content (AvgIpc) is 2.59. The maximum Gasteiger partial charge on any atom is 0.258 e. The van der Waals surface area contributed by atoms with E-state index in [0.29, 0.717) is 5.69 Å². The number of sulfone groups is 1. The van der Waals surface area contributed by atoms with E-state index in [4.69, 9.17) is 11.6 Å². The summed E-state index contributed by atoms with van der Waals surface area (Å²) >= 11 is 6.13. The minimum Gasteiger partial charge on any atom is -0.306 e. The Labute approximate surface area is 189 Å². The fourth-order valence-corrected chi connectivity index (χ4v) is 5.52. The first-order valence-corrected chi connectivity index (χ1v) is 13.3. The molecule has 1 amide bonds. The lowest BCUT2D eigenvalue weighted by Gasteiger charge is -2.27. The van der Waals surface area contributed by atoms with E-state index in [1.54, 1.807) is 46.8 Å². The number of hydrogen-bond donors (Lipinski definition) is 1. The lowest BCUT2D eigenvalue weighted by molar-refractivity contribution is 0.0980. The number of carbonyl (C=O) groups is 1. The van der Waals surface area contributed by atoms with Crippen LogP contribution < -0.4 is 9.62 Å². The van der Waals surface area contributed by atoms with E-state index >= 15 is 0 Å². The number of amides is 1. The van der Waals surface area contributed by atoms with Crippen LogP contribution in [0.4, 0.5) is 5.69 Å². The highest BCUT2D eigenvalue weighted by molar-refractivity contribution is 7.90. The normalized spacial score (nSPS) is 12.8.